The summed E-state index contributed by atoms with van der Waals surface area (Å²) in [5.41, 5.74) is 6.91. The Morgan fingerprint density at radius 1 is 1.11 bits per heavy atom. The second-order valence-corrected chi connectivity index (χ2v) is 11.0. The Morgan fingerprint density at radius 2 is 1.97 bits per heavy atom. The second kappa shape index (κ2) is 8.85. The van der Waals surface area contributed by atoms with Gasteiger partial charge < -0.3 is 19.9 Å². The highest BCUT2D eigenvalue weighted by atomic mass is 16.5. The number of rotatable bonds is 5. The summed E-state index contributed by atoms with van der Waals surface area (Å²) in [6.07, 6.45) is 9.22. The molecular weight excluding hydrogens is 450 g/mol. The van der Waals surface area contributed by atoms with Crippen molar-refractivity contribution in [3.05, 3.63) is 46.8 Å². The van der Waals surface area contributed by atoms with Gasteiger partial charge in [-0.15, -0.1) is 0 Å². The summed E-state index contributed by atoms with van der Waals surface area (Å²) >= 11 is 0. The van der Waals surface area contributed by atoms with Crippen molar-refractivity contribution in [2.24, 2.45) is 0 Å². The third-order valence-corrected chi connectivity index (χ3v) is 8.58. The number of H-pyrrole nitrogens is 1. The summed E-state index contributed by atoms with van der Waals surface area (Å²) in [4.78, 5) is 14.8. The molecule has 36 heavy (non-hydrogen) atoms. The fraction of sp³-hybridized carbons (Fsp3) is 0.536. The van der Waals surface area contributed by atoms with Crippen LogP contribution in [0.25, 0.3) is 16.5 Å². The molecule has 2 N–H and O–H groups in total. The largest absolute Gasteiger partial charge is 0.462 e. The van der Waals surface area contributed by atoms with Gasteiger partial charge in [0.2, 0.25) is 0 Å². The molecule has 3 aromatic rings. The van der Waals surface area contributed by atoms with E-state index in [0.29, 0.717) is 30.7 Å². The number of fused-ring (bicyclic) bond motifs is 4. The van der Waals surface area contributed by atoms with Gasteiger partial charge >= 0.3 is 6.01 Å². The van der Waals surface area contributed by atoms with E-state index >= 15 is 0 Å². The minimum Gasteiger partial charge on any atom is -0.462 e. The number of anilines is 1. The van der Waals surface area contributed by atoms with Crippen LogP contribution in [0, 0.1) is 6.92 Å². The molecule has 3 fully saturated rings. The number of aryl methyl sites for hydroxylation is 2. The van der Waals surface area contributed by atoms with Gasteiger partial charge in [-0.25, -0.2) is 0 Å². The normalized spacial score (nSPS) is 25.9. The molecule has 2 aromatic heterocycles. The number of hydrogen-bond acceptors (Lipinski definition) is 7. The summed E-state index contributed by atoms with van der Waals surface area (Å²) in [7, 11) is 2.18. The minimum atomic E-state index is 0.434. The molecule has 1 aliphatic carbocycles. The molecule has 0 saturated carbocycles. The number of ether oxygens (including phenoxy) is 1. The minimum absolute atomic E-state index is 0.434. The van der Waals surface area contributed by atoms with E-state index in [2.05, 4.69) is 63.6 Å². The van der Waals surface area contributed by atoms with Crippen LogP contribution in [0.4, 0.5) is 5.82 Å². The van der Waals surface area contributed by atoms with Crippen molar-refractivity contribution in [3.63, 3.8) is 0 Å². The molecule has 8 heteroatoms. The van der Waals surface area contributed by atoms with Crippen LogP contribution in [0.3, 0.4) is 0 Å². The van der Waals surface area contributed by atoms with Crippen LogP contribution in [0.1, 0.15) is 54.6 Å². The van der Waals surface area contributed by atoms with Gasteiger partial charge in [0.25, 0.3) is 0 Å². The summed E-state index contributed by atoms with van der Waals surface area (Å²) in [6, 6.07) is 8.68. The molecule has 3 aliphatic heterocycles. The number of likely N-dealkylation sites (tertiary alicyclic amines) is 1. The predicted molar refractivity (Wildman–Crippen MR) is 142 cm³/mol. The monoisotopic (exact) mass is 485 g/mol. The Bertz CT molecular complexity index is 1320. The number of hydrogen-bond donors (Lipinski definition) is 2. The van der Waals surface area contributed by atoms with E-state index in [1.54, 1.807) is 0 Å². The number of aromatic nitrogens is 4. The number of likely N-dealkylation sites (N-methyl/N-ethyl adjacent to an activating group) is 1. The van der Waals surface area contributed by atoms with Gasteiger partial charge in [0.15, 0.2) is 0 Å². The Morgan fingerprint density at radius 3 is 2.78 bits per heavy atom. The molecule has 8 nitrogen and oxygen atoms in total. The molecule has 3 atom stereocenters. The lowest BCUT2D eigenvalue weighted by molar-refractivity contribution is 0.188. The van der Waals surface area contributed by atoms with Crippen LogP contribution in [0.5, 0.6) is 6.01 Å². The zero-order valence-corrected chi connectivity index (χ0v) is 21.3. The van der Waals surface area contributed by atoms with Crippen molar-refractivity contribution in [3.8, 4) is 6.01 Å². The predicted octanol–water partition coefficient (Wildman–Crippen LogP) is 3.45. The Labute approximate surface area is 212 Å². The number of nitrogens with one attached hydrogen (secondary N) is 2. The Balaban J connectivity index is 1.28. The molecule has 7 rings (SSSR count). The maximum Gasteiger partial charge on any atom is 0.319 e. The van der Waals surface area contributed by atoms with Gasteiger partial charge in [-0.3, -0.25) is 5.10 Å². The third kappa shape index (κ3) is 3.87. The molecule has 0 spiro atoms. The van der Waals surface area contributed by atoms with E-state index in [1.807, 2.05) is 0 Å². The lowest BCUT2D eigenvalue weighted by Crippen LogP contribution is -2.51. The first-order chi connectivity index (χ1) is 17.6. The van der Waals surface area contributed by atoms with Crippen LogP contribution in [-0.4, -0.2) is 76.5 Å². The van der Waals surface area contributed by atoms with Crippen molar-refractivity contribution in [2.75, 3.05) is 38.2 Å². The van der Waals surface area contributed by atoms with E-state index in [9.17, 15) is 0 Å². The molecule has 0 radical (unpaired) electrons. The van der Waals surface area contributed by atoms with E-state index in [4.69, 9.17) is 14.7 Å². The first-order valence-electron chi connectivity index (χ1n) is 13.5. The zero-order valence-electron chi connectivity index (χ0n) is 21.3. The highest BCUT2D eigenvalue weighted by Gasteiger charge is 2.34. The number of aromatic amines is 1. The van der Waals surface area contributed by atoms with Crippen molar-refractivity contribution in [1.29, 1.82) is 0 Å². The Kier molecular flexibility index (Phi) is 5.47. The molecule has 1 aromatic carbocycles. The van der Waals surface area contributed by atoms with Gasteiger partial charge in [-0.2, -0.15) is 15.1 Å². The van der Waals surface area contributed by atoms with Crippen molar-refractivity contribution < 1.29 is 4.74 Å². The lowest BCUT2D eigenvalue weighted by Gasteiger charge is -2.34. The van der Waals surface area contributed by atoms with Crippen LogP contribution in [0.15, 0.2) is 24.3 Å². The number of piperazine rings is 1. The topological polar surface area (TPSA) is 82.2 Å². The van der Waals surface area contributed by atoms with Crippen LogP contribution in [0.2, 0.25) is 0 Å². The standard InChI is InChI=1S/C28H35N7O/c1-17-26-22(6-3-7-24(26)33-32-17)18-8-11-23-25(13-18)30-28(36-16-21-5-4-12-34(21)2)31-27(23)35-14-19-9-10-20(15-35)29-19/h6,8,11,13,19-21,29H,3-5,7,9-10,12,14-16H2,1-2H3,(H,32,33). The molecule has 4 aliphatic rings. The molecule has 3 unspecified atom stereocenters. The fourth-order valence-corrected chi connectivity index (χ4v) is 6.63. The molecule has 3 saturated heterocycles. The first kappa shape index (κ1) is 22.2. The van der Waals surface area contributed by atoms with E-state index in [-0.39, 0.29) is 0 Å². The van der Waals surface area contributed by atoms with Crippen molar-refractivity contribution in [2.45, 2.75) is 63.6 Å². The van der Waals surface area contributed by atoms with Gasteiger partial charge in [-0.1, -0.05) is 12.1 Å². The maximum absolute atomic E-state index is 6.28. The summed E-state index contributed by atoms with van der Waals surface area (Å²) in [5.74, 6) is 1.01. The quantitative estimate of drug-likeness (QED) is 0.573. The average Bonchev–Trinajstić information content (AvgIpc) is 3.59. The van der Waals surface area contributed by atoms with E-state index < -0.39 is 0 Å². The highest BCUT2D eigenvalue weighted by Crippen LogP contribution is 2.36. The van der Waals surface area contributed by atoms with E-state index in [0.717, 1.165) is 60.6 Å². The number of benzene rings is 1. The fourth-order valence-electron chi connectivity index (χ4n) is 6.63. The molecular formula is C28H35N7O. The molecule has 2 bridgehead atoms. The zero-order chi connectivity index (χ0) is 24.2. The molecule has 0 amide bonds. The summed E-state index contributed by atoms with van der Waals surface area (Å²) < 4.78 is 6.28. The maximum atomic E-state index is 6.28. The lowest BCUT2D eigenvalue weighted by atomic mass is 9.89. The van der Waals surface area contributed by atoms with Gasteiger partial charge in [0, 0.05) is 47.9 Å². The van der Waals surface area contributed by atoms with Crippen molar-refractivity contribution in [1.82, 2.24) is 30.4 Å². The van der Waals surface area contributed by atoms with Crippen LogP contribution < -0.4 is 15.0 Å². The van der Waals surface area contributed by atoms with E-state index in [1.165, 1.54) is 42.4 Å². The first-order valence-corrected chi connectivity index (χ1v) is 13.5. The second-order valence-electron chi connectivity index (χ2n) is 11.0. The third-order valence-electron chi connectivity index (χ3n) is 8.58. The SMILES string of the molecule is Cc1[nH]nc2c1C(c1ccc3c(N4CC5CCC(C4)N5)nc(OCC4CCCN4C)nc3c1)=CCC2. The summed E-state index contributed by atoms with van der Waals surface area (Å²) in [5, 5.41) is 12.6. The summed E-state index contributed by atoms with van der Waals surface area (Å²) in [6.45, 7) is 5.85. The number of nitrogens with zero attached hydrogens (tertiary/aromatic N) is 5. The molecule has 5 heterocycles. The Hall–Kier alpha value is -2.97. The number of allylic oxidation sites excluding steroid dienone is 1. The van der Waals surface area contributed by atoms with Gasteiger partial charge in [-0.05, 0) is 82.3 Å². The van der Waals surface area contributed by atoms with Gasteiger partial charge in [0.1, 0.15) is 12.4 Å². The van der Waals surface area contributed by atoms with Crippen LogP contribution >= 0.6 is 0 Å². The van der Waals surface area contributed by atoms with Crippen molar-refractivity contribution >= 4 is 22.3 Å². The molecule has 188 valence electrons. The highest BCUT2D eigenvalue weighted by molar-refractivity contribution is 5.94. The van der Waals surface area contributed by atoms with Gasteiger partial charge in [0.05, 0.1) is 11.2 Å². The van der Waals surface area contributed by atoms with Crippen LogP contribution in [-0.2, 0) is 6.42 Å². The smallest absolute Gasteiger partial charge is 0.319 e. The average molecular weight is 486 g/mol.